The molecule has 0 aliphatic carbocycles. The number of rotatable bonds is 4. The Kier molecular flexibility index (Phi) is 4.10. The number of imidazole rings is 1. The van der Waals surface area contributed by atoms with Gasteiger partial charge in [0.25, 0.3) is 0 Å². The molecule has 23 heavy (non-hydrogen) atoms. The molecule has 2 heterocycles. The Hall–Kier alpha value is -2.69. The van der Waals surface area contributed by atoms with Gasteiger partial charge in [-0.05, 0) is 37.1 Å². The van der Waals surface area contributed by atoms with Crippen LogP contribution in [0.2, 0.25) is 0 Å². The van der Waals surface area contributed by atoms with Crippen LogP contribution in [0, 0.1) is 6.92 Å². The average molecular weight is 308 g/mol. The van der Waals surface area contributed by atoms with E-state index in [0.717, 1.165) is 40.1 Å². The Labute approximate surface area is 135 Å². The summed E-state index contributed by atoms with van der Waals surface area (Å²) in [6, 6.07) is 7.88. The van der Waals surface area contributed by atoms with Crippen molar-refractivity contribution in [3.8, 4) is 11.5 Å². The van der Waals surface area contributed by atoms with Crippen LogP contribution < -0.4 is 5.32 Å². The van der Waals surface area contributed by atoms with E-state index in [1.807, 2.05) is 49.0 Å². The number of nitrogens with zero attached hydrogens (tertiary/aromatic N) is 3. The molecule has 3 rings (SSSR count). The van der Waals surface area contributed by atoms with Crippen LogP contribution >= 0.6 is 0 Å². The molecule has 118 valence electrons. The number of pyridine rings is 1. The summed E-state index contributed by atoms with van der Waals surface area (Å²) in [6.45, 7) is 4.05. The van der Waals surface area contributed by atoms with E-state index in [2.05, 4.69) is 17.2 Å². The molecule has 3 aromatic rings. The first-order valence-electron chi connectivity index (χ1n) is 7.77. The van der Waals surface area contributed by atoms with Crippen LogP contribution in [0.5, 0.6) is 0 Å². The zero-order valence-corrected chi connectivity index (χ0v) is 13.6. The number of nitrogens with one attached hydrogen (secondary N) is 1. The van der Waals surface area contributed by atoms with Gasteiger partial charge < -0.3 is 9.88 Å². The number of fused-ring (bicyclic) bond motifs is 1. The zero-order valence-electron chi connectivity index (χ0n) is 13.6. The summed E-state index contributed by atoms with van der Waals surface area (Å²) in [5, 5.41) is 4.00. The normalized spacial score (nSPS) is 10.9. The Bertz CT molecular complexity index is 867. The van der Waals surface area contributed by atoms with Crippen molar-refractivity contribution in [3.63, 3.8) is 0 Å². The van der Waals surface area contributed by atoms with Crippen LogP contribution in [-0.2, 0) is 11.8 Å². The smallest absolute Gasteiger partial charge is 0.224 e. The van der Waals surface area contributed by atoms with Crippen LogP contribution in [0.1, 0.15) is 25.3 Å². The number of carbonyl (C=O) groups is 1. The molecular formula is C18H20N4O. The molecule has 0 atom stereocenters. The van der Waals surface area contributed by atoms with Crippen molar-refractivity contribution in [2.24, 2.45) is 7.05 Å². The van der Waals surface area contributed by atoms with Crippen LogP contribution in [0.15, 0.2) is 36.7 Å². The lowest BCUT2D eigenvalue weighted by Crippen LogP contribution is -2.10. The van der Waals surface area contributed by atoms with E-state index in [1.165, 1.54) is 0 Å². The van der Waals surface area contributed by atoms with E-state index in [1.54, 1.807) is 6.20 Å². The Morgan fingerprint density at radius 3 is 2.83 bits per heavy atom. The van der Waals surface area contributed by atoms with Gasteiger partial charge in [0, 0.05) is 36.9 Å². The topological polar surface area (TPSA) is 59.8 Å². The van der Waals surface area contributed by atoms with Crippen LogP contribution in [0.25, 0.3) is 22.4 Å². The fourth-order valence-electron chi connectivity index (χ4n) is 2.66. The fourth-order valence-corrected chi connectivity index (χ4v) is 2.66. The number of aryl methyl sites for hydroxylation is 2. The second-order valence-electron chi connectivity index (χ2n) is 5.72. The fraction of sp³-hybridized carbons (Fsp3) is 0.278. The Morgan fingerprint density at radius 1 is 1.30 bits per heavy atom. The summed E-state index contributed by atoms with van der Waals surface area (Å²) >= 11 is 0. The van der Waals surface area contributed by atoms with E-state index >= 15 is 0 Å². The molecule has 1 amide bonds. The maximum absolute atomic E-state index is 11.8. The van der Waals surface area contributed by atoms with Crippen molar-refractivity contribution >= 4 is 22.5 Å². The highest BCUT2D eigenvalue weighted by atomic mass is 16.1. The van der Waals surface area contributed by atoms with Gasteiger partial charge in [0.2, 0.25) is 5.91 Å². The highest BCUT2D eigenvalue weighted by Crippen LogP contribution is 2.25. The van der Waals surface area contributed by atoms with Crippen molar-refractivity contribution in [3.05, 3.63) is 42.2 Å². The lowest BCUT2D eigenvalue weighted by molar-refractivity contribution is -0.116. The van der Waals surface area contributed by atoms with Crippen molar-refractivity contribution in [1.29, 1.82) is 0 Å². The van der Waals surface area contributed by atoms with Crippen LogP contribution in [0.3, 0.4) is 0 Å². The molecule has 0 bridgehead atoms. The quantitative estimate of drug-likeness (QED) is 0.799. The molecule has 5 nitrogen and oxygen atoms in total. The molecule has 0 aliphatic heterocycles. The van der Waals surface area contributed by atoms with E-state index < -0.39 is 0 Å². The third kappa shape index (κ3) is 3.08. The van der Waals surface area contributed by atoms with Gasteiger partial charge in [-0.15, -0.1) is 0 Å². The largest absolute Gasteiger partial charge is 0.333 e. The molecule has 0 unspecified atom stereocenters. The molecule has 0 radical (unpaired) electrons. The third-order valence-electron chi connectivity index (χ3n) is 3.83. The SMILES string of the molecule is CCCC(=O)Nc1ccc2c(C)cc(-c3nccn3C)nc2c1. The van der Waals surface area contributed by atoms with Crippen molar-refractivity contribution in [2.45, 2.75) is 26.7 Å². The third-order valence-corrected chi connectivity index (χ3v) is 3.83. The maximum atomic E-state index is 11.8. The molecule has 0 spiro atoms. The number of carbonyl (C=O) groups excluding carboxylic acids is 1. The second-order valence-corrected chi connectivity index (χ2v) is 5.72. The second kappa shape index (κ2) is 6.20. The standard InChI is InChI=1S/C18H20N4O/c1-4-5-17(23)20-13-6-7-14-12(2)10-16(21-15(14)11-13)18-19-8-9-22(18)3/h6-11H,4-5H2,1-3H3,(H,20,23). The zero-order chi connectivity index (χ0) is 16.4. The molecule has 0 saturated carbocycles. The number of aromatic nitrogens is 3. The lowest BCUT2D eigenvalue weighted by Gasteiger charge is -2.09. The monoisotopic (exact) mass is 308 g/mol. The first-order valence-corrected chi connectivity index (χ1v) is 7.77. The van der Waals surface area contributed by atoms with Gasteiger partial charge in [-0.25, -0.2) is 9.97 Å². The predicted octanol–water partition coefficient (Wildman–Crippen LogP) is 3.68. The molecule has 0 saturated heterocycles. The molecule has 5 heteroatoms. The molecule has 0 aliphatic rings. The van der Waals surface area contributed by atoms with Gasteiger partial charge >= 0.3 is 0 Å². The van der Waals surface area contributed by atoms with Gasteiger partial charge in [-0.2, -0.15) is 0 Å². The van der Waals surface area contributed by atoms with Gasteiger partial charge in [-0.3, -0.25) is 4.79 Å². The lowest BCUT2D eigenvalue weighted by atomic mass is 10.1. The van der Waals surface area contributed by atoms with Crippen molar-refractivity contribution in [1.82, 2.24) is 14.5 Å². The van der Waals surface area contributed by atoms with Crippen LogP contribution in [0.4, 0.5) is 5.69 Å². The average Bonchev–Trinajstić information content (AvgIpc) is 2.93. The van der Waals surface area contributed by atoms with Gasteiger partial charge in [0.05, 0.1) is 5.52 Å². The molecule has 1 N–H and O–H groups in total. The van der Waals surface area contributed by atoms with E-state index in [0.29, 0.717) is 6.42 Å². The number of benzene rings is 1. The number of anilines is 1. The molecular weight excluding hydrogens is 288 g/mol. The molecule has 1 aromatic carbocycles. The van der Waals surface area contributed by atoms with Crippen molar-refractivity contribution < 1.29 is 4.79 Å². The first kappa shape index (κ1) is 15.2. The first-order chi connectivity index (χ1) is 11.1. The predicted molar refractivity (Wildman–Crippen MR) is 92.2 cm³/mol. The van der Waals surface area contributed by atoms with E-state index in [9.17, 15) is 4.79 Å². The maximum Gasteiger partial charge on any atom is 0.224 e. The summed E-state index contributed by atoms with van der Waals surface area (Å²) in [5.74, 6) is 0.860. The highest BCUT2D eigenvalue weighted by Gasteiger charge is 2.10. The van der Waals surface area contributed by atoms with Gasteiger partial charge in [0.1, 0.15) is 5.69 Å². The van der Waals surface area contributed by atoms with Crippen LogP contribution in [-0.4, -0.2) is 20.4 Å². The summed E-state index contributed by atoms with van der Waals surface area (Å²) in [4.78, 5) is 20.8. The summed E-state index contributed by atoms with van der Waals surface area (Å²) < 4.78 is 1.94. The molecule has 2 aromatic heterocycles. The summed E-state index contributed by atoms with van der Waals surface area (Å²) in [7, 11) is 1.95. The Morgan fingerprint density at radius 2 is 2.13 bits per heavy atom. The van der Waals surface area contributed by atoms with Gasteiger partial charge in [-0.1, -0.05) is 13.0 Å². The minimum atomic E-state index is 0.0313. The number of amides is 1. The highest BCUT2D eigenvalue weighted by molar-refractivity contribution is 5.94. The Balaban J connectivity index is 2.03. The van der Waals surface area contributed by atoms with Gasteiger partial charge in [0.15, 0.2) is 5.82 Å². The molecule has 0 fully saturated rings. The minimum absolute atomic E-state index is 0.0313. The van der Waals surface area contributed by atoms with E-state index in [-0.39, 0.29) is 5.91 Å². The minimum Gasteiger partial charge on any atom is -0.333 e. The van der Waals surface area contributed by atoms with E-state index in [4.69, 9.17) is 4.98 Å². The number of hydrogen-bond acceptors (Lipinski definition) is 3. The van der Waals surface area contributed by atoms with Crippen molar-refractivity contribution in [2.75, 3.05) is 5.32 Å². The summed E-state index contributed by atoms with van der Waals surface area (Å²) in [5.41, 5.74) is 3.61. The summed E-state index contributed by atoms with van der Waals surface area (Å²) in [6.07, 6.45) is 5.02. The number of hydrogen-bond donors (Lipinski definition) is 1.